The first-order valence-corrected chi connectivity index (χ1v) is 4.26. The van der Waals surface area contributed by atoms with Crippen LogP contribution in [0.3, 0.4) is 0 Å². The Morgan fingerprint density at radius 1 is 1.55 bits per heavy atom. The van der Waals surface area contributed by atoms with Gasteiger partial charge in [-0.2, -0.15) is 0 Å². The molecule has 66 valence electrons. The molecule has 0 aromatic heterocycles. The molecule has 1 saturated heterocycles. The Bertz CT molecular complexity index is 110. The Balaban J connectivity index is 2.09. The van der Waals surface area contributed by atoms with Crippen molar-refractivity contribution in [1.82, 2.24) is 4.90 Å². The molecule has 0 aromatic rings. The van der Waals surface area contributed by atoms with Crippen LogP contribution in [0.25, 0.3) is 0 Å². The summed E-state index contributed by atoms with van der Waals surface area (Å²) in [6, 6.07) is 0. The maximum atomic E-state index is 11.7. The van der Waals surface area contributed by atoms with Gasteiger partial charge >= 0.3 is 0 Å². The van der Waals surface area contributed by atoms with E-state index < -0.39 is 0 Å². The molecule has 0 aromatic carbocycles. The van der Waals surface area contributed by atoms with Gasteiger partial charge in [0.05, 0.1) is 6.67 Å². The number of hydrogen-bond donors (Lipinski definition) is 1. The van der Waals surface area contributed by atoms with Crippen LogP contribution in [0.1, 0.15) is 12.8 Å². The number of likely N-dealkylation sites (tertiary alicyclic amines) is 1. The van der Waals surface area contributed by atoms with Crippen molar-refractivity contribution >= 4 is 0 Å². The predicted molar refractivity (Wildman–Crippen MR) is 42.2 cm³/mol. The van der Waals surface area contributed by atoms with Crippen molar-refractivity contribution in [2.45, 2.75) is 12.8 Å². The van der Waals surface area contributed by atoms with Gasteiger partial charge in [-0.1, -0.05) is 0 Å². The Kier molecular flexibility index (Phi) is 3.80. The van der Waals surface area contributed by atoms with Crippen LogP contribution in [0.2, 0.25) is 0 Å². The van der Waals surface area contributed by atoms with Crippen LogP contribution >= 0.6 is 0 Å². The fourth-order valence-electron chi connectivity index (χ4n) is 1.55. The molecule has 0 bridgehead atoms. The Labute approximate surface area is 67.0 Å². The third-order valence-electron chi connectivity index (χ3n) is 2.24. The number of hydrogen-bond acceptors (Lipinski definition) is 2. The van der Waals surface area contributed by atoms with Crippen LogP contribution in [0.5, 0.6) is 0 Å². The van der Waals surface area contributed by atoms with E-state index in [1.807, 2.05) is 0 Å². The van der Waals surface area contributed by atoms with Gasteiger partial charge in [0.2, 0.25) is 0 Å². The standard InChI is InChI=1S/C8H16FNO/c9-3-1-4-10-5-2-8(6-10)7-11/h8,11H,1-7H2. The highest BCUT2D eigenvalue weighted by Crippen LogP contribution is 2.14. The molecule has 0 saturated carbocycles. The highest BCUT2D eigenvalue weighted by molar-refractivity contribution is 4.74. The first-order valence-electron chi connectivity index (χ1n) is 4.26. The first kappa shape index (κ1) is 8.94. The van der Waals surface area contributed by atoms with E-state index in [0.29, 0.717) is 12.3 Å². The van der Waals surface area contributed by atoms with E-state index in [2.05, 4.69) is 4.90 Å². The Hall–Kier alpha value is -0.150. The molecule has 1 rings (SSSR count). The summed E-state index contributed by atoms with van der Waals surface area (Å²) in [5.41, 5.74) is 0. The molecule has 0 radical (unpaired) electrons. The highest BCUT2D eigenvalue weighted by Gasteiger charge is 2.20. The zero-order valence-corrected chi connectivity index (χ0v) is 6.80. The van der Waals surface area contributed by atoms with Crippen LogP contribution in [0.15, 0.2) is 0 Å². The van der Waals surface area contributed by atoms with Crippen LogP contribution < -0.4 is 0 Å². The van der Waals surface area contributed by atoms with Gasteiger partial charge in [-0.05, 0) is 25.3 Å². The lowest BCUT2D eigenvalue weighted by Crippen LogP contribution is -2.22. The Morgan fingerprint density at radius 2 is 2.36 bits per heavy atom. The molecule has 1 unspecified atom stereocenters. The minimum Gasteiger partial charge on any atom is -0.396 e. The molecule has 1 fully saturated rings. The van der Waals surface area contributed by atoms with Crippen molar-refractivity contribution < 1.29 is 9.50 Å². The van der Waals surface area contributed by atoms with Gasteiger partial charge in [-0.3, -0.25) is 4.39 Å². The lowest BCUT2D eigenvalue weighted by molar-refractivity contribution is 0.220. The van der Waals surface area contributed by atoms with Crippen molar-refractivity contribution in [3.8, 4) is 0 Å². The fourth-order valence-corrected chi connectivity index (χ4v) is 1.55. The minimum absolute atomic E-state index is 0.222. The number of alkyl halides is 1. The average molecular weight is 161 g/mol. The van der Waals surface area contributed by atoms with E-state index in [1.165, 1.54) is 0 Å². The summed E-state index contributed by atoms with van der Waals surface area (Å²) in [5, 5.41) is 8.81. The second-order valence-electron chi connectivity index (χ2n) is 3.18. The van der Waals surface area contributed by atoms with E-state index in [-0.39, 0.29) is 13.3 Å². The number of rotatable bonds is 4. The predicted octanol–water partition coefficient (Wildman–Crippen LogP) is 0.660. The molecular weight excluding hydrogens is 145 g/mol. The molecule has 11 heavy (non-hydrogen) atoms. The number of nitrogens with zero attached hydrogens (tertiary/aromatic N) is 1. The minimum atomic E-state index is -0.222. The van der Waals surface area contributed by atoms with E-state index in [9.17, 15) is 4.39 Å². The van der Waals surface area contributed by atoms with Crippen molar-refractivity contribution in [3.05, 3.63) is 0 Å². The number of halogens is 1. The van der Waals surface area contributed by atoms with Gasteiger partial charge in [0.1, 0.15) is 0 Å². The summed E-state index contributed by atoms with van der Waals surface area (Å²) >= 11 is 0. The molecule has 3 heteroatoms. The zero-order chi connectivity index (χ0) is 8.10. The molecule has 0 amide bonds. The molecule has 2 nitrogen and oxygen atoms in total. The van der Waals surface area contributed by atoms with E-state index in [4.69, 9.17) is 5.11 Å². The summed E-state index contributed by atoms with van der Waals surface area (Å²) in [4.78, 5) is 2.22. The van der Waals surface area contributed by atoms with Crippen molar-refractivity contribution in [2.75, 3.05) is 32.9 Å². The topological polar surface area (TPSA) is 23.5 Å². The lowest BCUT2D eigenvalue weighted by Gasteiger charge is -2.13. The molecular formula is C8H16FNO. The zero-order valence-electron chi connectivity index (χ0n) is 6.80. The summed E-state index contributed by atoms with van der Waals surface area (Å²) in [6.07, 6.45) is 1.71. The monoisotopic (exact) mass is 161 g/mol. The van der Waals surface area contributed by atoms with Crippen molar-refractivity contribution in [3.63, 3.8) is 0 Å². The van der Waals surface area contributed by atoms with Crippen LogP contribution in [-0.2, 0) is 0 Å². The van der Waals surface area contributed by atoms with Crippen LogP contribution in [-0.4, -0.2) is 42.9 Å². The van der Waals surface area contributed by atoms with Crippen LogP contribution in [0.4, 0.5) is 4.39 Å². The molecule has 1 aliphatic rings. The number of aliphatic hydroxyl groups is 1. The van der Waals surface area contributed by atoms with Gasteiger partial charge in [0.25, 0.3) is 0 Å². The summed E-state index contributed by atoms with van der Waals surface area (Å²) in [7, 11) is 0. The van der Waals surface area contributed by atoms with Gasteiger partial charge in [0.15, 0.2) is 0 Å². The van der Waals surface area contributed by atoms with Gasteiger partial charge in [-0.25, -0.2) is 0 Å². The summed E-state index contributed by atoms with van der Waals surface area (Å²) < 4.78 is 11.7. The SMILES string of the molecule is OCC1CCN(CCCF)C1. The third-order valence-corrected chi connectivity index (χ3v) is 2.24. The number of aliphatic hydroxyl groups excluding tert-OH is 1. The van der Waals surface area contributed by atoms with E-state index in [1.54, 1.807) is 0 Å². The van der Waals surface area contributed by atoms with Gasteiger partial charge in [-0.15, -0.1) is 0 Å². The largest absolute Gasteiger partial charge is 0.396 e. The quantitative estimate of drug-likeness (QED) is 0.654. The summed E-state index contributed by atoms with van der Waals surface area (Å²) in [6.45, 7) is 2.90. The highest BCUT2D eigenvalue weighted by atomic mass is 19.1. The fraction of sp³-hybridized carbons (Fsp3) is 1.00. The molecule has 1 N–H and O–H groups in total. The average Bonchev–Trinajstić information content (AvgIpc) is 2.48. The van der Waals surface area contributed by atoms with E-state index >= 15 is 0 Å². The maximum absolute atomic E-state index is 11.7. The smallest absolute Gasteiger partial charge is 0.0906 e. The van der Waals surface area contributed by atoms with E-state index in [0.717, 1.165) is 26.1 Å². The van der Waals surface area contributed by atoms with Crippen LogP contribution in [0, 0.1) is 5.92 Å². The molecule has 1 atom stereocenters. The lowest BCUT2D eigenvalue weighted by atomic mass is 10.1. The first-order chi connectivity index (χ1) is 5.36. The van der Waals surface area contributed by atoms with Gasteiger partial charge < -0.3 is 10.0 Å². The molecule has 1 heterocycles. The molecule has 0 spiro atoms. The van der Waals surface area contributed by atoms with Crippen molar-refractivity contribution in [2.24, 2.45) is 5.92 Å². The Morgan fingerprint density at radius 3 is 2.91 bits per heavy atom. The summed E-state index contributed by atoms with van der Waals surface area (Å²) in [5.74, 6) is 0.439. The third kappa shape index (κ3) is 2.75. The second-order valence-corrected chi connectivity index (χ2v) is 3.18. The molecule has 0 aliphatic carbocycles. The van der Waals surface area contributed by atoms with Crippen molar-refractivity contribution in [1.29, 1.82) is 0 Å². The molecule has 1 aliphatic heterocycles. The maximum Gasteiger partial charge on any atom is 0.0906 e. The second kappa shape index (κ2) is 4.67. The normalized spacial score (nSPS) is 26.2. The van der Waals surface area contributed by atoms with Gasteiger partial charge in [0, 0.05) is 19.7 Å².